The molecule has 0 aromatic carbocycles. The van der Waals surface area contributed by atoms with Gasteiger partial charge in [-0.25, -0.2) is 0 Å². The fourth-order valence-corrected chi connectivity index (χ4v) is 12.0. The van der Waals surface area contributed by atoms with Gasteiger partial charge in [-0.1, -0.05) is 18.3 Å². The number of hydrogen-bond donors (Lipinski definition) is 7. The van der Waals surface area contributed by atoms with Crippen molar-refractivity contribution in [2.45, 2.75) is 158 Å². The summed E-state index contributed by atoms with van der Waals surface area (Å²) in [7, 11) is 1.62. The molecule has 0 radical (unpaired) electrons. The average Bonchev–Trinajstić information content (AvgIpc) is 3.72. The fourth-order valence-electron chi connectivity index (χ4n) is 12.0. The highest BCUT2D eigenvalue weighted by Gasteiger charge is 2.49. The minimum Gasteiger partial charge on any atom is -0.391 e. The van der Waals surface area contributed by atoms with Crippen LogP contribution >= 0.6 is 0 Å². The lowest BCUT2D eigenvalue weighted by atomic mass is 9.64. The van der Waals surface area contributed by atoms with Gasteiger partial charge in [0.15, 0.2) is 12.0 Å². The number of ketones is 2. The van der Waals surface area contributed by atoms with Gasteiger partial charge in [-0.3, -0.25) is 9.59 Å². The molecule has 0 aromatic heterocycles. The summed E-state index contributed by atoms with van der Waals surface area (Å²) in [5.74, 6) is 9.04. The largest absolute Gasteiger partial charge is 0.391 e. The number of aliphatic hydroxyl groups is 4. The molecular formula is C45H69N4O7+. The number of methoxy groups -OCH3 is 1. The molecule has 0 aromatic rings. The maximum Gasteiger partial charge on any atom is 0.176 e. The van der Waals surface area contributed by atoms with Crippen LogP contribution in [-0.2, 0) is 14.3 Å². The van der Waals surface area contributed by atoms with Crippen molar-refractivity contribution in [1.29, 1.82) is 0 Å². The molecule has 1 spiro atoms. The lowest BCUT2D eigenvalue weighted by Crippen LogP contribution is -2.49. The van der Waals surface area contributed by atoms with E-state index in [1.165, 1.54) is 5.57 Å². The van der Waals surface area contributed by atoms with Crippen molar-refractivity contribution in [1.82, 2.24) is 10.6 Å². The quantitative estimate of drug-likeness (QED) is 0.114. The molecule has 4 aliphatic carbocycles. The van der Waals surface area contributed by atoms with Gasteiger partial charge in [-0.2, -0.15) is 0 Å². The SMILES string of the molecule is COC1CC2CCC(=O)C3(C#CC(CC(O)C(O)CCC4CC(N)NCC4CC4=C[CH+]N=C4)C2CC1O)CCC(CCC1CNC2CC(=O)CCC2C1)CC3O. The van der Waals surface area contributed by atoms with Gasteiger partial charge in [0.25, 0.3) is 0 Å². The van der Waals surface area contributed by atoms with Gasteiger partial charge < -0.3 is 41.5 Å². The molecule has 56 heavy (non-hydrogen) atoms. The normalized spacial score (nSPS) is 42.5. The van der Waals surface area contributed by atoms with E-state index < -0.39 is 29.8 Å². The first-order valence-corrected chi connectivity index (χ1v) is 22.1. The highest BCUT2D eigenvalue weighted by Crippen LogP contribution is 2.47. The molecule has 8 N–H and O–H groups in total. The first-order valence-electron chi connectivity index (χ1n) is 22.1. The van der Waals surface area contributed by atoms with Gasteiger partial charge in [0.2, 0.25) is 0 Å². The highest BCUT2D eigenvalue weighted by molar-refractivity contribution is 5.89. The van der Waals surface area contributed by atoms with E-state index in [1.807, 2.05) is 18.8 Å². The third-order valence-electron chi connectivity index (χ3n) is 15.5. The molecule has 0 amide bonds. The number of piperidine rings is 2. The van der Waals surface area contributed by atoms with E-state index in [0.29, 0.717) is 99.2 Å². The molecule has 11 nitrogen and oxygen atoms in total. The molecule has 11 heteroatoms. The number of aliphatic hydroxyl groups excluding tert-OH is 4. The number of carbonyl (C=O) groups excluding carboxylic acids is 2. The Balaban J connectivity index is 1.01. The minimum absolute atomic E-state index is 0.0117. The summed E-state index contributed by atoms with van der Waals surface area (Å²) >= 11 is 0. The summed E-state index contributed by atoms with van der Waals surface area (Å²) in [6.45, 7) is 3.56. The molecule has 3 aliphatic heterocycles. The van der Waals surface area contributed by atoms with E-state index in [-0.39, 0.29) is 42.2 Å². The number of nitrogens with one attached hydrogen (secondary N) is 2. The molecule has 5 fully saturated rings. The van der Waals surface area contributed by atoms with Crippen molar-refractivity contribution in [2.24, 2.45) is 63.5 Å². The third-order valence-corrected chi connectivity index (χ3v) is 15.5. The van der Waals surface area contributed by atoms with Gasteiger partial charge in [0.1, 0.15) is 23.3 Å². The molecule has 16 atom stereocenters. The van der Waals surface area contributed by atoms with Crippen LogP contribution in [0.1, 0.15) is 116 Å². The number of Topliss-reactive ketones (excluding diaryl/α,β-unsaturated/α-hetero) is 2. The van der Waals surface area contributed by atoms with Crippen LogP contribution in [0.5, 0.6) is 0 Å². The summed E-state index contributed by atoms with van der Waals surface area (Å²) < 4.78 is 5.68. The third kappa shape index (κ3) is 9.82. The topological polar surface area (TPSA) is 187 Å². The van der Waals surface area contributed by atoms with Crippen LogP contribution < -0.4 is 16.4 Å². The van der Waals surface area contributed by atoms with Gasteiger partial charge in [0.05, 0.1) is 42.8 Å². The van der Waals surface area contributed by atoms with Crippen molar-refractivity contribution in [3.8, 4) is 11.8 Å². The van der Waals surface area contributed by atoms with Crippen LogP contribution in [0, 0.1) is 71.1 Å². The van der Waals surface area contributed by atoms with Gasteiger partial charge >= 0.3 is 0 Å². The summed E-state index contributed by atoms with van der Waals surface area (Å²) in [6.07, 6.45) is 12.7. The molecule has 7 aliphatic rings. The maximum atomic E-state index is 14.2. The predicted molar refractivity (Wildman–Crippen MR) is 215 cm³/mol. The molecule has 16 unspecified atom stereocenters. The van der Waals surface area contributed by atoms with Crippen molar-refractivity contribution in [2.75, 3.05) is 20.2 Å². The minimum atomic E-state index is -1.14. The first kappa shape index (κ1) is 42.0. The number of ether oxygens (including phenoxy) is 1. The molecular weight excluding hydrogens is 709 g/mol. The zero-order valence-electron chi connectivity index (χ0n) is 33.6. The van der Waals surface area contributed by atoms with Gasteiger partial charge in [-0.15, -0.1) is 4.99 Å². The Morgan fingerprint density at radius 3 is 2.57 bits per heavy atom. The van der Waals surface area contributed by atoms with Crippen molar-refractivity contribution in [3.63, 3.8) is 0 Å². The Bertz CT molecular complexity index is 1490. The lowest BCUT2D eigenvalue weighted by Gasteiger charge is -2.42. The van der Waals surface area contributed by atoms with Gasteiger partial charge in [0, 0.05) is 51.3 Å². The van der Waals surface area contributed by atoms with E-state index in [1.54, 1.807) is 7.11 Å². The lowest BCUT2D eigenvalue weighted by molar-refractivity contribution is -0.135. The second-order valence-electron chi connectivity index (χ2n) is 19.0. The Labute approximate surface area is 334 Å². The Morgan fingerprint density at radius 2 is 1.79 bits per heavy atom. The predicted octanol–water partition coefficient (Wildman–Crippen LogP) is 3.61. The zero-order chi connectivity index (χ0) is 39.4. The van der Waals surface area contributed by atoms with Crippen molar-refractivity contribution in [3.05, 3.63) is 18.2 Å². The second-order valence-corrected chi connectivity index (χ2v) is 19.0. The van der Waals surface area contributed by atoms with E-state index in [9.17, 15) is 30.0 Å². The molecule has 3 heterocycles. The van der Waals surface area contributed by atoms with Crippen molar-refractivity contribution < 1.29 is 34.8 Å². The number of allylic oxidation sites excluding steroid dienone is 1. The van der Waals surface area contributed by atoms with E-state index in [2.05, 4.69) is 27.5 Å². The standard InChI is InChI=1S/C45H69N4O7/c1-56-41-20-31-6-9-42(54)45(13-10-27(18-43(45)55)2-3-28-16-33-4-7-35(50)22-37(33)48-25-28)14-11-32(36(31)23-40(41)53)19-39(52)38(51)8-5-30-21-44(46)49-26-34(30)17-29-12-15-47-24-29/h12,15,24,27-28,30-34,36-41,43-44,48-49,51-53,55H,2-10,13,16-23,25-26,46H2,1H3/q+1. The molecule has 2 saturated heterocycles. The fraction of sp³-hybridized carbons (Fsp3) is 0.822. The average molecular weight is 778 g/mol. The Morgan fingerprint density at radius 1 is 0.964 bits per heavy atom. The van der Waals surface area contributed by atoms with Crippen LogP contribution in [-0.4, -0.2) is 101 Å². The highest BCUT2D eigenvalue weighted by atomic mass is 16.5. The van der Waals surface area contributed by atoms with Crippen LogP contribution in [0.25, 0.3) is 0 Å². The van der Waals surface area contributed by atoms with Crippen LogP contribution in [0.3, 0.4) is 0 Å². The number of carbonyl (C=O) groups is 2. The zero-order valence-corrected chi connectivity index (χ0v) is 33.6. The van der Waals surface area contributed by atoms with Gasteiger partial charge in [-0.05, 0) is 131 Å². The number of hydrogen-bond acceptors (Lipinski definition) is 11. The number of nitrogens with zero attached hydrogens (tertiary/aromatic N) is 1. The van der Waals surface area contributed by atoms with Crippen LogP contribution in [0.15, 0.2) is 16.6 Å². The monoisotopic (exact) mass is 778 g/mol. The summed E-state index contributed by atoms with van der Waals surface area (Å²) in [5.41, 5.74) is 6.36. The number of nitrogens with two attached hydrogens (primary N) is 1. The molecule has 0 bridgehead atoms. The maximum absolute atomic E-state index is 14.2. The van der Waals surface area contributed by atoms with E-state index in [0.717, 1.165) is 64.5 Å². The molecule has 310 valence electrons. The summed E-state index contributed by atoms with van der Waals surface area (Å²) in [5, 5.41) is 53.1. The van der Waals surface area contributed by atoms with Crippen LogP contribution in [0.4, 0.5) is 0 Å². The number of aliphatic imine (C=N–C) groups is 1. The second kappa shape index (κ2) is 18.8. The Kier molecular flexibility index (Phi) is 14.1. The van der Waals surface area contributed by atoms with E-state index in [4.69, 9.17) is 10.5 Å². The smallest absolute Gasteiger partial charge is 0.176 e. The molecule has 3 saturated carbocycles. The summed E-state index contributed by atoms with van der Waals surface area (Å²) in [4.78, 5) is 30.4. The first-order chi connectivity index (χ1) is 27.0. The van der Waals surface area contributed by atoms with Crippen molar-refractivity contribution >= 4 is 17.8 Å². The molecule has 7 rings (SSSR count). The Hall–Kier alpha value is -2.14. The number of rotatable bonds is 12. The van der Waals surface area contributed by atoms with E-state index >= 15 is 0 Å². The number of fused-ring (bicyclic) bond motifs is 2. The van der Waals surface area contributed by atoms with Crippen LogP contribution in [0.2, 0.25) is 0 Å². The summed E-state index contributed by atoms with van der Waals surface area (Å²) in [6, 6.07) is 0.337.